The molecular weight excluding hydrogens is 548 g/mol. The summed E-state index contributed by atoms with van der Waals surface area (Å²) < 4.78 is 0. The Morgan fingerprint density at radius 1 is 0.422 bits per heavy atom. The SMILES string of the molecule is CCCCCCCCCCCCNC(O)(CC)C(CC)N(CCCCCCCCCCCC)CCCCCCCCCCCC. The van der Waals surface area contributed by atoms with Gasteiger partial charge in [0, 0.05) is 0 Å². The molecule has 2 unspecified atom stereocenters. The molecule has 0 bridgehead atoms. The van der Waals surface area contributed by atoms with Crippen molar-refractivity contribution < 1.29 is 5.11 Å². The van der Waals surface area contributed by atoms with Crippen LogP contribution >= 0.6 is 0 Å². The Labute approximate surface area is 286 Å². The van der Waals surface area contributed by atoms with Crippen LogP contribution in [0.4, 0.5) is 0 Å². The highest BCUT2D eigenvalue weighted by molar-refractivity contribution is 4.90. The van der Waals surface area contributed by atoms with E-state index in [1.54, 1.807) is 0 Å². The van der Waals surface area contributed by atoms with Crippen molar-refractivity contribution in [3.63, 3.8) is 0 Å². The monoisotopic (exact) mass is 637 g/mol. The lowest BCUT2D eigenvalue weighted by molar-refractivity contribution is -0.0789. The maximum atomic E-state index is 12.0. The molecule has 45 heavy (non-hydrogen) atoms. The second kappa shape index (κ2) is 35.2. The van der Waals surface area contributed by atoms with E-state index < -0.39 is 5.72 Å². The molecule has 0 amide bonds. The number of aliphatic hydroxyl groups is 1. The van der Waals surface area contributed by atoms with Crippen molar-refractivity contribution >= 4 is 0 Å². The largest absolute Gasteiger partial charge is 0.374 e. The Morgan fingerprint density at radius 2 is 0.711 bits per heavy atom. The summed E-state index contributed by atoms with van der Waals surface area (Å²) in [6.07, 6.45) is 43.1. The molecule has 0 aromatic heterocycles. The molecule has 0 aliphatic rings. The number of nitrogens with zero attached hydrogens (tertiary/aromatic N) is 1. The molecule has 0 saturated carbocycles. The number of hydrogen-bond acceptors (Lipinski definition) is 3. The van der Waals surface area contributed by atoms with Gasteiger partial charge in [0.2, 0.25) is 0 Å². The van der Waals surface area contributed by atoms with E-state index in [1.165, 1.54) is 193 Å². The van der Waals surface area contributed by atoms with E-state index >= 15 is 0 Å². The summed E-state index contributed by atoms with van der Waals surface area (Å²) in [5.41, 5.74) is -0.773. The summed E-state index contributed by atoms with van der Waals surface area (Å²) in [5.74, 6) is 0. The standard InChI is InChI=1S/C42H88N2O/c1-6-11-14-17-20-23-26-29-32-35-38-43-42(45,10-5)41(9-4)44(39-36-33-30-27-24-21-18-15-12-7-2)40-37-34-31-28-25-22-19-16-13-8-3/h41,43,45H,6-40H2,1-5H3. The summed E-state index contributed by atoms with van der Waals surface area (Å²) >= 11 is 0. The Balaban J connectivity index is 4.65. The fraction of sp³-hybridized carbons (Fsp3) is 1.00. The summed E-state index contributed by atoms with van der Waals surface area (Å²) in [5, 5.41) is 15.7. The molecule has 0 saturated heterocycles. The highest BCUT2D eigenvalue weighted by atomic mass is 16.3. The molecule has 0 aromatic rings. The second-order valence-corrected chi connectivity index (χ2v) is 14.7. The lowest BCUT2D eigenvalue weighted by Gasteiger charge is -2.43. The van der Waals surface area contributed by atoms with E-state index in [4.69, 9.17) is 0 Å². The molecule has 2 atom stereocenters. The predicted octanol–water partition coefficient (Wildman–Crippen LogP) is 13.5. The van der Waals surface area contributed by atoms with E-state index in [9.17, 15) is 5.11 Å². The zero-order valence-corrected chi connectivity index (χ0v) is 32.2. The molecule has 3 heteroatoms. The molecule has 3 nitrogen and oxygen atoms in total. The Bertz CT molecular complexity index is 531. The van der Waals surface area contributed by atoms with Gasteiger partial charge in [-0.1, -0.05) is 208 Å². The third-order valence-electron chi connectivity index (χ3n) is 10.5. The summed E-state index contributed by atoms with van der Waals surface area (Å²) in [6, 6.07) is 0.211. The molecule has 0 aromatic carbocycles. The van der Waals surface area contributed by atoms with Crippen molar-refractivity contribution in [1.82, 2.24) is 10.2 Å². The first kappa shape index (κ1) is 44.9. The smallest absolute Gasteiger partial charge is 0.131 e. The molecule has 0 fully saturated rings. The molecule has 272 valence electrons. The van der Waals surface area contributed by atoms with Crippen LogP contribution in [0.25, 0.3) is 0 Å². The molecule has 2 N–H and O–H groups in total. The zero-order chi connectivity index (χ0) is 33.1. The number of nitrogens with one attached hydrogen (secondary N) is 1. The van der Waals surface area contributed by atoms with Crippen LogP contribution in [0.1, 0.15) is 240 Å². The van der Waals surface area contributed by atoms with Gasteiger partial charge in [0.05, 0.1) is 6.04 Å². The van der Waals surface area contributed by atoms with Gasteiger partial charge in [-0.25, -0.2) is 0 Å². The number of rotatable bonds is 38. The van der Waals surface area contributed by atoms with E-state index in [-0.39, 0.29) is 6.04 Å². The maximum Gasteiger partial charge on any atom is 0.131 e. The van der Waals surface area contributed by atoms with Gasteiger partial charge in [-0.05, 0) is 51.7 Å². The minimum absolute atomic E-state index is 0.211. The molecule has 0 radical (unpaired) electrons. The minimum Gasteiger partial charge on any atom is -0.374 e. The van der Waals surface area contributed by atoms with Crippen LogP contribution in [0.15, 0.2) is 0 Å². The van der Waals surface area contributed by atoms with Crippen LogP contribution in [0.5, 0.6) is 0 Å². The molecule has 0 aliphatic carbocycles. The molecular formula is C42H88N2O. The lowest BCUT2D eigenvalue weighted by atomic mass is 9.95. The third kappa shape index (κ3) is 27.5. The summed E-state index contributed by atoms with van der Waals surface area (Å²) in [6.45, 7) is 14.6. The van der Waals surface area contributed by atoms with E-state index in [1.807, 2.05) is 0 Å². The third-order valence-corrected chi connectivity index (χ3v) is 10.5. The lowest BCUT2D eigenvalue weighted by Crippen LogP contribution is -2.61. The van der Waals surface area contributed by atoms with Gasteiger partial charge in [0.25, 0.3) is 0 Å². The van der Waals surface area contributed by atoms with E-state index in [0.29, 0.717) is 0 Å². The maximum absolute atomic E-state index is 12.0. The topological polar surface area (TPSA) is 35.5 Å². The number of unbranched alkanes of at least 4 members (excludes halogenated alkanes) is 27. The van der Waals surface area contributed by atoms with Crippen molar-refractivity contribution in [2.75, 3.05) is 19.6 Å². The minimum atomic E-state index is -0.773. The zero-order valence-electron chi connectivity index (χ0n) is 32.2. The quantitative estimate of drug-likeness (QED) is 0.0523. The van der Waals surface area contributed by atoms with Gasteiger partial charge in [0.1, 0.15) is 5.72 Å². The highest BCUT2D eigenvalue weighted by Gasteiger charge is 2.36. The van der Waals surface area contributed by atoms with Crippen molar-refractivity contribution in [2.24, 2.45) is 0 Å². The predicted molar refractivity (Wildman–Crippen MR) is 204 cm³/mol. The fourth-order valence-electron chi connectivity index (χ4n) is 7.32. The van der Waals surface area contributed by atoms with Crippen LogP contribution in [-0.2, 0) is 0 Å². The summed E-state index contributed by atoms with van der Waals surface area (Å²) in [7, 11) is 0. The normalized spacial score (nSPS) is 13.9. The average molecular weight is 637 g/mol. The van der Waals surface area contributed by atoms with Gasteiger partial charge >= 0.3 is 0 Å². The van der Waals surface area contributed by atoms with Crippen molar-refractivity contribution in [3.05, 3.63) is 0 Å². The van der Waals surface area contributed by atoms with Crippen molar-refractivity contribution in [3.8, 4) is 0 Å². The molecule has 0 aliphatic heterocycles. The van der Waals surface area contributed by atoms with E-state index in [2.05, 4.69) is 44.8 Å². The van der Waals surface area contributed by atoms with Crippen LogP contribution in [0, 0.1) is 0 Å². The van der Waals surface area contributed by atoms with Gasteiger partial charge in [-0.15, -0.1) is 0 Å². The number of hydrogen-bond donors (Lipinski definition) is 2. The average Bonchev–Trinajstić information content (AvgIpc) is 3.05. The highest BCUT2D eigenvalue weighted by Crippen LogP contribution is 2.24. The van der Waals surface area contributed by atoms with Crippen LogP contribution < -0.4 is 5.32 Å². The van der Waals surface area contributed by atoms with Gasteiger partial charge in [-0.3, -0.25) is 10.2 Å². The molecule has 0 rings (SSSR count). The first-order valence-corrected chi connectivity index (χ1v) is 21.3. The second-order valence-electron chi connectivity index (χ2n) is 14.7. The fourth-order valence-corrected chi connectivity index (χ4v) is 7.32. The first-order valence-electron chi connectivity index (χ1n) is 21.3. The van der Waals surface area contributed by atoms with Crippen LogP contribution in [0.2, 0.25) is 0 Å². The Morgan fingerprint density at radius 3 is 1.00 bits per heavy atom. The van der Waals surface area contributed by atoms with Gasteiger partial charge in [0.15, 0.2) is 0 Å². The van der Waals surface area contributed by atoms with Crippen LogP contribution in [0.3, 0.4) is 0 Å². The first-order chi connectivity index (χ1) is 22.1. The van der Waals surface area contributed by atoms with Gasteiger partial charge in [-0.2, -0.15) is 0 Å². The van der Waals surface area contributed by atoms with Crippen molar-refractivity contribution in [2.45, 2.75) is 252 Å². The summed E-state index contributed by atoms with van der Waals surface area (Å²) in [4.78, 5) is 2.70. The van der Waals surface area contributed by atoms with E-state index in [0.717, 1.165) is 32.5 Å². The van der Waals surface area contributed by atoms with Crippen molar-refractivity contribution in [1.29, 1.82) is 0 Å². The Hall–Kier alpha value is -0.120. The van der Waals surface area contributed by atoms with Gasteiger partial charge < -0.3 is 5.11 Å². The van der Waals surface area contributed by atoms with Crippen LogP contribution in [-0.4, -0.2) is 41.4 Å². The Kier molecular flexibility index (Phi) is 35.1. The molecule has 0 spiro atoms. The molecule has 0 heterocycles.